The molecule has 140 valence electrons. The van der Waals surface area contributed by atoms with Crippen molar-refractivity contribution in [2.75, 3.05) is 19.6 Å². The first-order valence-electron chi connectivity index (χ1n) is 6.34. The summed E-state index contributed by atoms with van der Waals surface area (Å²) in [6, 6.07) is 0. The average Bonchev–Trinajstić information content (AvgIpc) is 2.36. The van der Waals surface area contributed by atoms with E-state index in [1.165, 1.54) is 38.9 Å². The fourth-order valence-corrected chi connectivity index (χ4v) is 3.33. The summed E-state index contributed by atoms with van der Waals surface area (Å²) in [6.07, 6.45) is 4.40. The van der Waals surface area contributed by atoms with Crippen LogP contribution in [0.2, 0.25) is 0 Å². The highest BCUT2D eigenvalue weighted by atomic mass is 32.3. The summed E-state index contributed by atoms with van der Waals surface area (Å²) in [7, 11) is -13.4. The van der Waals surface area contributed by atoms with Crippen LogP contribution < -0.4 is 4.90 Å². The van der Waals surface area contributed by atoms with Crippen LogP contribution in [0.5, 0.6) is 0 Å². The molecular weight excluding hydrogens is 378 g/mol. The van der Waals surface area contributed by atoms with E-state index >= 15 is 0 Å². The fourth-order valence-electron chi connectivity index (χ4n) is 1.62. The zero-order valence-corrected chi connectivity index (χ0v) is 13.5. The van der Waals surface area contributed by atoms with Gasteiger partial charge >= 0.3 is 11.0 Å². The summed E-state index contributed by atoms with van der Waals surface area (Å²) < 4.78 is 109. The van der Waals surface area contributed by atoms with Crippen LogP contribution in [0, 0.1) is 0 Å². The Morgan fingerprint density at radius 3 is 1.39 bits per heavy atom. The normalized spacial score (nSPS) is 18.2. The van der Waals surface area contributed by atoms with Gasteiger partial charge in [0.1, 0.15) is 0 Å². The zero-order chi connectivity index (χ0) is 18.5. The minimum atomic E-state index is -6.72. The van der Waals surface area contributed by atoms with E-state index in [0.717, 1.165) is 4.13 Å². The maximum atomic E-state index is 11.4. The summed E-state index contributed by atoms with van der Waals surface area (Å²) in [4.78, 5) is 1.80. The monoisotopic (exact) mass is 394 g/mol. The maximum Gasteiger partial charge on any atom is 0.480 e. The minimum absolute atomic E-state index is 0.778. The van der Waals surface area contributed by atoms with Crippen molar-refractivity contribution >= 4 is 20.0 Å². The van der Waals surface area contributed by atoms with Gasteiger partial charge in [0.05, 0.1) is 19.6 Å². The number of likely N-dealkylation sites (tertiary alicyclic amines) is 1. The topological polar surface area (TPSA) is 86.8 Å². The SMILES string of the molecule is CC[NH+]1CCCCC1.O=S(=O)([N-]S(=O)(=O)C(F)(F)F)C(F)(F)F. The fraction of sp³-hybridized carbons (Fsp3) is 1.00. The molecule has 1 heterocycles. The van der Waals surface area contributed by atoms with Crippen LogP contribution >= 0.6 is 0 Å². The molecule has 23 heavy (non-hydrogen) atoms. The summed E-state index contributed by atoms with van der Waals surface area (Å²) >= 11 is 0. The third-order valence-electron chi connectivity index (χ3n) is 2.84. The molecule has 0 aromatic heterocycles. The van der Waals surface area contributed by atoms with Gasteiger partial charge in [0, 0.05) is 0 Å². The Labute approximate surface area is 129 Å². The van der Waals surface area contributed by atoms with Gasteiger partial charge in [-0.1, -0.05) is 0 Å². The minimum Gasteiger partial charge on any atom is -0.421 e. The second-order valence-electron chi connectivity index (χ2n) is 4.58. The van der Waals surface area contributed by atoms with E-state index in [2.05, 4.69) is 6.92 Å². The molecule has 0 aromatic carbocycles. The molecule has 6 nitrogen and oxygen atoms in total. The van der Waals surface area contributed by atoms with Crippen molar-refractivity contribution in [2.45, 2.75) is 37.2 Å². The van der Waals surface area contributed by atoms with E-state index in [1.807, 2.05) is 0 Å². The van der Waals surface area contributed by atoms with Crippen LogP contribution in [0.3, 0.4) is 0 Å². The quantitative estimate of drug-likeness (QED) is 0.728. The van der Waals surface area contributed by atoms with Gasteiger partial charge in [-0.05, 0) is 26.2 Å². The van der Waals surface area contributed by atoms with Crippen LogP contribution in [0.15, 0.2) is 0 Å². The average molecular weight is 394 g/mol. The number of alkyl halides is 6. The molecule has 0 aliphatic carbocycles. The van der Waals surface area contributed by atoms with Crippen LogP contribution in [0.4, 0.5) is 26.3 Å². The van der Waals surface area contributed by atoms with E-state index in [1.54, 1.807) is 4.90 Å². The van der Waals surface area contributed by atoms with Gasteiger partial charge in [0.25, 0.3) is 0 Å². The second-order valence-corrected chi connectivity index (χ2v) is 8.00. The largest absolute Gasteiger partial charge is 0.480 e. The molecule has 1 saturated heterocycles. The van der Waals surface area contributed by atoms with Gasteiger partial charge < -0.3 is 9.03 Å². The highest BCUT2D eigenvalue weighted by Crippen LogP contribution is 2.36. The molecule has 0 radical (unpaired) electrons. The van der Waals surface area contributed by atoms with E-state index in [4.69, 9.17) is 0 Å². The number of sulfonamides is 2. The van der Waals surface area contributed by atoms with Crippen molar-refractivity contribution in [3.63, 3.8) is 0 Å². The Morgan fingerprint density at radius 2 is 1.17 bits per heavy atom. The van der Waals surface area contributed by atoms with Crippen molar-refractivity contribution in [3.05, 3.63) is 4.13 Å². The van der Waals surface area contributed by atoms with Crippen molar-refractivity contribution in [1.29, 1.82) is 0 Å². The third kappa shape index (κ3) is 7.22. The number of nitrogens with zero attached hydrogens (tertiary/aromatic N) is 1. The van der Waals surface area contributed by atoms with E-state index < -0.39 is 31.1 Å². The number of hydrogen-bond donors (Lipinski definition) is 1. The Balaban J connectivity index is 0.000000502. The number of hydrogen-bond acceptors (Lipinski definition) is 4. The molecule has 1 N–H and O–H groups in total. The molecule has 0 aromatic rings. The number of nitrogens with one attached hydrogen (secondary N) is 1. The van der Waals surface area contributed by atoms with Crippen LogP contribution in [0.1, 0.15) is 26.2 Å². The molecule has 0 bridgehead atoms. The molecule has 0 unspecified atom stereocenters. The highest BCUT2D eigenvalue weighted by Gasteiger charge is 2.46. The number of rotatable bonds is 3. The number of halogens is 6. The molecule has 1 rings (SSSR count). The summed E-state index contributed by atoms with van der Waals surface area (Å²) in [5.41, 5.74) is -12.4. The smallest absolute Gasteiger partial charge is 0.421 e. The Bertz CT molecular complexity index is 522. The van der Waals surface area contributed by atoms with Gasteiger partial charge in [-0.3, -0.25) is 0 Å². The lowest BCUT2D eigenvalue weighted by atomic mass is 10.1. The highest BCUT2D eigenvalue weighted by molar-refractivity contribution is 8.13. The first-order chi connectivity index (χ1) is 10.1. The van der Waals surface area contributed by atoms with Crippen LogP contribution in [-0.2, 0) is 20.0 Å². The lowest BCUT2D eigenvalue weighted by molar-refractivity contribution is -0.903. The summed E-state index contributed by atoms with van der Waals surface area (Å²) in [5, 5.41) is 0. The first-order valence-corrected chi connectivity index (χ1v) is 9.22. The van der Waals surface area contributed by atoms with Crippen LogP contribution in [-0.4, -0.2) is 47.5 Å². The number of piperidine rings is 1. The third-order valence-corrected chi connectivity index (χ3v) is 5.58. The molecular formula is C9H16F6N2O4S2. The zero-order valence-electron chi connectivity index (χ0n) is 11.9. The lowest BCUT2D eigenvalue weighted by Crippen LogP contribution is -3.12. The van der Waals surface area contributed by atoms with Gasteiger partial charge in [-0.2, -0.15) is 26.3 Å². The van der Waals surface area contributed by atoms with Crippen LogP contribution in [0.25, 0.3) is 4.13 Å². The molecule has 0 atom stereocenters. The Kier molecular flexibility index (Phi) is 7.78. The van der Waals surface area contributed by atoms with Gasteiger partial charge in [-0.25, -0.2) is 16.8 Å². The van der Waals surface area contributed by atoms with Crippen molar-refractivity contribution in [2.24, 2.45) is 0 Å². The second kappa shape index (κ2) is 7.98. The van der Waals surface area contributed by atoms with Gasteiger partial charge in [0.2, 0.25) is 0 Å². The summed E-state index contributed by atoms with van der Waals surface area (Å²) in [5.74, 6) is 0. The predicted molar refractivity (Wildman–Crippen MR) is 68.4 cm³/mol. The predicted octanol–water partition coefficient (Wildman–Crippen LogP) is 1.13. The molecule has 1 aliphatic rings. The standard InChI is InChI=1S/C7H15N.C2F6NO4S2/c1-2-8-6-4-3-5-7-8;3-1(4,5)14(10,11)9-15(12,13)2(6,7)8/h2-7H2,1H3;/q;-1/p+1. The summed E-state index contributed by atoms with van der Waals surface area (Å²) in [6.45, 7) is 6.47. The molecule has 1 aliphatic heterocycles. The van der Waals surface area contributed by atoms with Crippen molar-refractivity contribution in [1.82, 2.24) is 0 Å². The molecule has 0 saturated carbocycles. The Morgan fingerprint density at radius 1 is 0.826 bits per heavy atom. The Hall–Kier alpha value is -0.600. The van der Waals surface area contributed by atoms with Crippen molar-refractivity contribution in [3.8, 4) is 0 Å². The van der Waals surface area contributed by atoms with E-state index in [0.29, 0.717) is 0 Å². The first kappa shape index (κ1) is 22.4. The van der Waals surface area contributed by atoms with E-state index in [-0.39, 0.29) is 0 Å². The number of quaternary nitrogens is 1. The lowest BCUT2D eigenvalue weighted by Gasteiger charge is -2.22. The van der Waals surface area contributed by atoms with E-state index in [9.17, 15) is 43.2 Å². The molecule has 1 fully saturated rings. The van der Waals surface area contributed by atoms with Crippen molar-refractivity contribution < 1.29 is 48.1 Å². The molecule has 0 amide bonds. The van der Waals surface area contributed by atoms with Gasteiger partial charge in [0.15, 0.2) is 20.0 Å². The van der Waals surface area contributed by atoms with Gasteiger partial charge in [-0.15, -0.1) is 0 Å². The maximum absolute atomic E-state index is 11.4. The molecule has 14 heteroatoms. The molecule has 0 spiro atoms.